The summed E-state index contributed by atoms with van der Waals surface area (Å²) < 4.78 is 0. The Balaban J connectivity index is 1.29. The maximum Gasteiger partial charge on any atom is 0.242 e. The molecule has 0 aromatic carbocycles. The molecule has 2 aliphatic heterocycles. The fourth-order valence-corrected chi connectivity index (χ4v) is 5.70. The van der Waals surface area contributed by atoms with Gasteiger partial charge in [0.1, 0.15) is 6.04 Å². The lowest BCUT2D eigenvalue weighted by molar-refractivity contribution is -0.122. The predicted molar refractivity (Wildman–Crippen MR) is 114 cm³/mol. The molecule has 1 N–H and O–H groups in total. The molecule has 0 radical (unpaired) electrons. The number of carbonyl (C=O) groups excluding carboxylic acids is 2. The van der Waals surface area contributed by atoms with E-state index < -0.39 is 0 Å². The topological polar surface area (TPSA) is 81.7 Å². The molecule has 3 fully saturated rings. The standard InChI is InChI=1S/C20H32N6O2S/c1-24(15-7-3-2-4-8-15)14-11-21-18(28)16-9-5-12-25(16)19-22-23-20(29-19)26-13-6-10-17(26)27/h15-16H,2-14H2,1H3,(H,21,28). The molecule has 1 aromatic rings. The van der Waals surface area contributed by atoms with Crippen LogP contribution in [-0.2, 0) is 9.59 Å². The van der Waals surface area contributed by atoms with E-state index in [1.807, 2.05) is 0 Å². The van der Waals surface area contributed by atoms with Crippen molar-refractivity contribution in [2.24, 2.45) is 0 Å². The number of nitrogens with one attached hydrogen (secondary N) is 1. The Kier molecular flexibility index (Phi) is 6.64. The van der Waals surface area contributed by atoms with Gasteiger partial charge < -0.3 is 15.1 Å². The first-order valence-electron chi connectivity index (χ1n) is 11.0. The molecule has 9 heteroatoms. The number of hydrogen-bond acceptors (Lipinski definition) is 7. The predicted octanol–water partition coefficient (Wildman–Crippen LogP) is 2.01. The SMILES string of the molecule is CN(CCNC(=O)C1CCCN1c1nnc(N2CCCC2=O)s1)C1CCCCC1. The Labute approximate surface area is 176 Å². The number of amides is 2. The van der Waals surface area contributed by atoms with Gasteiger partial charge in [0.2, 0.25) is 22.1 Å². The molecule has 2 amide bonds. The van der Waals surface area contributed by atoms with Crippen LogP contribution in [0.15, 0.2) is 0 Å². The highest BCUT2D eigenvalue weighted by Crippen LogP contribution is 2.33. The molecular formula is C20H32N6O2S. The van der Waals surface area contributed by atoms with Crippen molar-refractivity contribution in [1.82, 2.24) is 20.4 Å². The van der Waals surface area contributed by atoms with Crippen LogP contribution in [-0.4, -0.2) is 72.2 Å². The average molecular weight is 421 g/mol. The molecule has 1 atom stereocenters. The summed E-state index contributed by atoms with van der Waals surface area (Å²) in [6.07, 6.45) is 9.82. The van der Waals surface area contributed by atoms with Crippen molar-refractivity contribution < 1.29 is 9.59 Å². The lowest BCUT2D eigenvalue weighted by atomic mass is 9.94. The summed E-state index contributed by atoms with van der Waals surface area (Å²) in [6.45, 7) is 3.09. The second-order valence-electron chi connectivity index (χ2n) is 8.43. The number of likely N-dealkylation sites (N-methyl/N-ethyl adjacent to an activating group) is 1. The fourth-order valence-electron chi connectivity index (χ4n) is 4.73. The summed E-state index contributed by atoms with van der Waals surface area (Å²) >= 11 is 1.42. The normalized spacial score (nSPS) is 23.4. The maximum atomic E-state index is 12.8. The Hall–Kier alpha value is -1.74. The lowest BCUT2D eigenvalue weighted by Gasteiger charge is -2.31. The average Bonchev–Trinajstić information content (AvgIpc) is 3.48. The molecule has 1 aromatic heterocycles. The highest BCUT2D eigenvalue weighted by atomic mass is 32.1. The number of hydrogen-bond donors (Lipinski definition) is 1. The van der Waals surface area contributed by atoms with Gasteiger partial charge in [-0.1, -0.05) is 30.6 Å². The van der Waals surface area contributed by atoms with Crippen LogP contribution in [0, 0.1) is 0 Å². The molecule has 4 rings (SSSR count). The van der Waals surface area contributed by atoms with Crippen molar-refractivity contribution in [3.05, 3.63) is 0 Å². The van der Waals surface area contributed by atoms with E-state index in [4.69, 9.17) is 0 Å². The maximum absolute atomic E-state index is 12.8. The molecule has 3 aliphatic rings. The Morgan fingerprint density at radius 2 is 1.90 bits per heavy atom. The van der Waals surface area contributed by atoms with Crippen LogP contribution in [0.3, 0.4) is 0 Å². The molecule has 2 saturated heterocycles. The summed E-state index contributed by atoms with van der Waals surface area (Å²) in [5.74, 6) is 0.194. The highest BCUT2D eigenvalue weighted by Gasteiger charge is 2.34. The zero-order valence-corrected chi connectivity index (χ0v) is 18.1. The van der Waals surface area contributed by atoms with Crippen molar-refractivity contribution in [2.45, 2.75) is 69.9 Å². The van der Waals surface area contributed by atoms with Gasteiger partial charge in [0.05, 0.1) is 0 Å². The van der Waals surface area contributed by atoms with E-state index >= 15 is 0 Å². The first kappa shape index (κ1) is 20.5. The van der Waals surface area contributed by atoms with Crippen molar-refractivity contribution in [2.75, 3.05) is 43.0 Å². The molecular weight excluding hydrogens is 388 g/mol. The van der Waals surface area contributed by atoms with Gasteiger partial charge in [-0.3, -0.25) is 14.5 Å². The van der Waals surface area contributed by atoms with Gasteiger partial charge in [0.15, 0.2) is 0 Å². The van der Waals surface area contributed by atoms with Crippen molar-refractivity contribution in [3.8, 4) is 0 Å². The second-order valence-corrected chi connectivity index (χ2v) is 9.37. The van der Waals surface area contributed by atoms with Crippen LogP contribution >= 0.6 is 11.3 Å². The quantitative estimate of drug-likeness (QED) is 0.727. The van der Waals surface area contributed by atoms with Gasteiger partial charge in [-0.2, -0.15) is 0 Å². The first-order chi connectivity index (χ1) is 14.1. The van der Waals surface area contributed by atoms with E-state index in [1.165, 1.54) is 43.4 Å². The van der Waals surface area contributed by atoms with Crippen molar-refractivity contribution in [1.29, 1.82) is 0 Å². The molecule has 1 aliphatic carbocycles. The molecule has 0 spiro atoms. The summed E-state index contributed by atoms with van der Waals surface area (Å²) in [5.41, 5.74) is 0. The number of carbonyl (C=O) groups is 2. The van der Waals surface area contributed by atoms with Gasteiger partial charge >= 0.3 is 0 Å². The Bertz CT molecular complexity index is 720. The Morgan fingerprint density at radius 1 is 1.10 bits per heavy atom. The molecule has 29 heavy (non-hydrogen) atoms. The molecule has 3 heterocycles. The molecule has 160 valence electrons. The third-order valence-electron chi connectivity index (χ3n) is 6.47. The summed E-state index contributed by atoms with van der Waals surface area (Å²) in [6, 6.07) is 0.474. The highest BCUT2D eigenvalue weighted by molar-refractivity contribution is 7.19. The number of anilines is 2. The van der Waals surface area contributed by atoms with E-state index in [2.05, 4.69) is 32.4 Å². The molecule has 8 nitrogen and oxygen atoms in total. The third kappa shape index (κ3) is 4.71. The fraction of sp³-hybridized carbons (Fsp3) is 0.800. The molecule has 1 saturated carbocycles. The number of nitrogens with zero attached hydrogens (tertiary/aromatic N) is 5. The van der Waals surface area contributed by atoms with Crippen LogP contribution in [0.25, 0.3) is 0 Å². The van der Waals surface area contributed by atoms with E-state index in [9.17, 15) is 9.59 Å². The van der Waals surface area contributed by atoms with E-state index in [-0.39, 0.29) is 17.9 Å². The zero-order chi connectivity index (χ0) is 20.2. The monoisotopic (exact) mass is 420 g/mol. The van der Waals surface area contributed by atoms with Gasteiger partial charge in [-0.05, 0) is 39.2 Å². The summed E-state index contributed by atoms with van der Waals surface area (Å²) in [5, 5.41) is 13.0. The first-order valence-corrected chi connectivity index (χ1v) is 11.8. The van der Waals surface area contributed by atoms with Crippen LogP contribution in [0.4, 0.5) is 10.3 Å². The minimum absolute atomic E-state index is 0.0774. The minimum atomic E-state index is -0.190. The van der Waals surface area contributed by atoms with Gasteiger partial charge in [-0.15, -0.1) is 10.2 Å². The van der Waals surface area contributed by atoms with E-state index in [1.54, 1.807) is 4.90 Å². The summed E-state index contributed by atoms with van der Waals surface area (Å²) in [7, 11) is 2.17. The summed E-state index contributed by atoms with van der Waals surface area (Å²) in [4.78, 5) is 30.9. The zero-order valence-electron chi connectivity index (χ0n) is 17.3. The van der Waals surface area contributed by atoms with Crippen molar-refractivity contribution >= 4 is 33.4 Å². The van der Waals surface area contributed by atoms with Gasteiger partial charge in [0, 0.05) is 38.6 Å². The van der Waals surface area contributed by atoms with Gasteiger partial charge in [0.25, 0.3) is 0 Å². The van der Waals surface area contributed by atoms with Crippen LogP contribution in [0.1, 0.15) is 57.8 Å². The smallest absolute Gasteiger partial charge is 0.242 e. The third-order valence-corrected chi connectivity index (χ3v) is 7.45. The van der Waals surface area contributed by atoms with E-state index in [0.29, 0.717) is 30.7 Å². The van der Waals surface area contributed by atoms with Crippen LogP contribution in [0.2, 0.25) is 0 Å². The Morgan fingerprint density at radius 3 is 2.66 bits per heavy atom. The van der Waals surface area contributed by atoms with E-state index in [0.717, 1.165) is 37.5 Å². The van der Waals surface area contributed by atoms with Crippen LogP contribution in [0.5, 0.6) is 0 Å². The van der Waals surface area contributed by atoms with Crippen molar-refractivity contribution in [3.63, 3.8) is 0 Å². The molecule has 1 unspecified atom stereocenters. The lowest BCUT2D eigenvalue weighted by Crippen LogP contribution is -2.46. The number of aromatic nitrogens is 2. The van der Waals surface area contributed by atoms with Gasteiger partial charge in [-0.25, -0.2) is 0 Å². The minimum Gasteiger partial charge on any atom is -0.353 e. The molecule has 0 bridgehead atoms. The largest absolute Gasteiger partial charge is 0.353 e. The number of rotatable bonds is 7. The second kappa shape index (κ2) is 9.38. The van der Waals surface area contributed by atoms with Crippen LogP contribution < -0.4 is 15.1 Å².